The number of hydrogen-bond acceptors (Lipinski definition) is 6. The van der Waals surface area contributed by atoms with Gasteiger partial charge in [0.2, 0.25) is 0 Å². The van der Waals surface area contributed by atoms with E-state index in [0.717, 1.165) is 24.9 Å². The largest absolute Gasteiger partial charge is 0.496 e. The van der Waals surface area contributed by atoms with Gasteiger partial charge in [0, 0.05) is 24.8 Å². The number of carbonyl (C=O) groups excluding carboxylic acids is 1. The highest BCUT2D eigenvalue weighted by molar-refractivity contribution is 5.99. The van der Waals surface area contributed by atoms with Gasteiger partial charge in [0.25, 0.3) is 5.91 Å². The zero-order chi connectivity index (χ0) is 22.2. The number of fused-ring (bicyclic) bond motifs is 1. The molecule has 164 valence electrons. The summed E-state index contributed by atoms with van der Waals surface area (Å²) < 4.78 is 21.0. The van der Waals surface area contributed by atoms with E-state index in [1.54, 1.807) is 33.2 Å². The summed E-state index contributed by atoms with van der Waals surface area (Å²) in [5.74, 6) is 0.646. The molecule has 31 heavy (non-hydrogen) atoms. The Morgan fingerprint density at radius 2 is 2.19 bits per heavy atom. The normalized spacial score (nSPS) is 16.7. The van der Waals surface area contributed by atoms with Crippen LogP contribution in [0.2, 0.25) is 0 Å². The number of anilines is 1. The fraction of sp³-hybridized carbons (Fsp3) is 0.409. The Hall–Kier alpha value is -3.20. The molecule has 1 unspecified atom stereocenters. The van der Waals surface area contributed by atoms with E-state index >= 15 is 0 Å². The zero-order valence-corrected chi connectivity index (χ0v) is 17.8. The lowest BCUT2D eigenvalue weighted by molar-refractivity contribution is 0.0695. The maximum absolute atomic E-state index is 14.0. The van der Waals surface area contributed by atoms with E-state index in [2.05, 4.69) is 15.3 Å². The third-order valence-electron chi connectivity index (χ3n) is 5.38. The van der Waals surface area contributed by atoms with Crippen molar-refractivity contribution in [2.24, 2.45) is 0 Å². The molecule has 1 fully saturated rings. The average molecular weight is 427 g/mol. The van der Waals surface area contributed by atoms with E-state index in [1.807, 2.05) is 6.07 Å². The van der Waals surface area contributed by atoms with Crippen LogP contribution >= 0.6 is 0 Å². The summed E-state index contributed by atoms with van der Waals surface area (Å²) in [5.41, 5.74) is 0.496. The lowest BCUT2D eigenvalue weighted by Crippen LogP contribution is -2.38. The Morgan fingerprint density at radius 1 is 1.39 bits per heavy atom. The molecule has 0 aliphatic carbocycles. The van der Waals surface area contributed by atoms with Crippen molar-refractivity contribution >= 4 is 17.4 Å². The van der Waals surface area contributed by atoms with Crippen LogP contribution in [-0.4, -0.2) is 51.4 Å². The second-order valence-electron chi connectivity index (χ2n) is 8.34. The number of benzene rings is 1. The molecule has 0 spiro atoms. The molecule has 4 rings (SSSR count). The van der Waals surface area contributed by atoms with Crippen molar-refractivity contribution in [3.8, 4) is 5.75 Å². The van der Waals surface area contributed by atoms with Gasteiger partial charge in [-0.2, -0.15) is 5.10 Å². The summed E-state index contributed by atoms with van der Waals surface area (Å²) in [5, 5.41) is 16.8. The second kappa shape index (κ2) is 8.14. The minimum Gasteiger partial charge on any atom is -0.496 e. The predicted molar refractivity (Wildman–Crippen MR) is 114 cm³/mol. The molecule has 0 bridgehead atoms. The van der Waals surface area contributed by atoms with E-state index in [-0.39, 0.29) is 24.3 Å². The average Bonchev–Trinajstić information content (AvgIpc) is 3.38. The summed E-state index contributed by atoms with van der Waals surface area (Å²) in [6.07, 6.45) is 4.98. The Bertz CT molecular complexity index is 1110. The lowest BCUT2D eigenvalue weighted by atomic mass is 10.0. The van der Waals surface area contributed by atoms with E-state index in [0.29, 0.717) is 22.8 Å². The van der Waals surface area contributed by atoms with Gasteiger partial charge < -0.3 is 20.1 Å². The molecule has 3 aromatic rings. The van der Waals surface area contributed by atoms with Crippen molar-refractivity contribution in [2.45, 2.75) is 38.3 Å². The molecular formula is C22H26FN5O3. The van der Waals surface area contributed by atoms with Crippen LogP contribution in [0.5, 0.6) is 5.75 Å². The zero-order valence-electron chi connectivity index (χ0n) is 17.8. The summed E-state index contributed by atoms with van der Waals surface area (Å²) in [6, 6.07) is 6.28. The molecular weight excluding hydrogens is 401 g/mol. The molecule has 2 aromatic heterocycles. The summed E-state index contributed by atoms with van der Waals surface area (Å²) >= 11 is 0. The van der Waals surface area contributed by atoms with E-state index in [1.165, 1.54) is 22.8 Å². The third kappa shape index (κ3) is 4.32. The maximum atomic E-state index is 14.0. The number of rotatable bonds is 6. The van der Waals surface area contributed by atoms with Crippen molar-refractivity contribution in [1.29, 1.82) is 0 Å². The second-order valence-corrected chi connectivity index (χ2v) is 8.34. The van der Waals surface area contributed by atoms with Gasteiger partial charge in [-0.15, -0.1) is 0 Å². The Balaban J connectivity index is 1.67. The van der Waals surface area contributed by atoms with Crippen LogP contribution < -0.4 is 15.0 Å². The van der Waals surface area contributed by atoms with Crippen molar-refractivity contribution in [3.05, 3.63) is 53.6 Å². The van der Waals surface area contributed by atoms with Gasteiger partial charge in [0.15, 0.2) is 5.65 Å². The Kier molecular flexibility index (Phi) is 5.53. The molecule has 0 radical (unpaired) electrons. The summed E-state index contributed by atoms with van der Waals surface area (Å²) in [6.45, 7) is 4.10. The number of methoxy groups -OCH3 is 1. The number of carbonyl (C=O) groups is 1. The van der Waals surface area contributed by atoms with Gasteiger partial charge in [-0.25, -0.2) is 13.9 Å². The van der Waals surface area contributed by atoms with Gasteiger partial charge in [-0.3, -0.25) is 4.79 Å². The smallest absolute Gasteiger partial charge is 0.256 e. The SMILES string of the molecule is COc1ccc(F)cc1C1CCCN1c1ccn2ncc(C(=O)NCC(C)(C)O)c2n1. The first-order valence-electron chi connectivity index (χ1n) is 10.2. The van der Waals surface area contributed by atoms with Gasteiger partial charge in [0.05, 0.1) is 24.9 Å². The molecule has 1 aliphatic heterocycles. The van der Waals surface area contributed by atoms with Crippen molar-refractivity contribution < 1.29 is 19.0 Å². The van der Waals surface area contributed by atoms with E-state index < -0.39 is 5.60 Å². The summed E-state index contributed by atoms with van der Waals surface area (Å²) in [7, 11) is 1.57. The van der Waals surface area contributed by atoms with Crippen LogP contribution in [0, 0.1) is 5.82 Å². The van der Waals surface area contributed by atoms with E-state index in [4.69, 9.17) is 9.72 Å². The number of aromatic nitrogens is 3. The topological polar surface area (TPSA) is 92.0 Å². The number of ether oxygens (including phenoxy) is 1. The van der Waals surface area contributed by atoms with Gasteiger partial charge in [-0.1, -0.05) is 0 Å². The summed E-state index contributed by atoms with van der Waals surface area (Å²) in [4.78, 5) is 19.4. The van der Waals surface area contributed by atoms with Crippen LogP contribution in [0.3, 0.4) is 0 Å². The first-order valence-corrected chi connectivity index (χ1v) is 10.2. The number of amides is 1. The maximum Gasteiger partial charge on any atom is 0.256 e. The van der Waals surface area contributed by atoms with Crippen LogP contribution in [-0.2, 0) is 0 Å². The molecule has 8 nitrogen and oxygen atoms in total. The van der Waals surface area contributed by atoms with Crippen molar-refractivity contribution in [3.63, 3.8) is 0 Å². The molecule has 1 saturated heterocycles. The first kappa shape index (κ1) is 21.0. The third-order valence-corrected chi connectivity index (χ3v) is 5.38. The lowest BCUT2D eigenvalue weighted by Gasteiger charge is -2.27. The van der Waals surface area contributed by atoms with Gasteiger partial charge >= 0.3 is 0 Å². The monoisotopic (exact) mass is 427 g/mol. The fourth-order valence-corrected chi connectivity index (χ4v) is 3.90. The molecule has 9 heteroatoms. The Labute approximate surface area is 179 Å². The first-order chi connectivity index (χ1) is 14.8. The minimum atomic E-state index is -1.02. The number of halogens is 1. The molecule has 3 heterocycles. The van der Waals surface area contributed by atoms with Crippen LogP contribution in [0.25, 0.3) is 5.65 Å². The number of nitrogens with one attached hydrogen (secondary N) is 1. The van der Waals surface area contributed by atoms with E-state index in [9.17, 15) is 14.3 Å². The number of aliphatic hydroxyl groups is 1. The predicted octanol–water partition coefficient (Wildman–Crippen LogP) is 2.72. The van der Waals surface area contributed by atoms with Crippen molar-refractivity contribution in [1.82, 2.24) is 19.9 Å². The molecule has 0 saturated carbocycles. The van der Waals surface area contributed by atoms with Crippen LogP contribution in [0.4, 0.5) is 10.2 Å². The highest BCUT2D eigenvalue weighted by Gasteiger charge is 2.30. The van der Waals surface area contributed by atoms with Gasteiger partial charge in [-0.05, 0) is 51.0 Å². The quantitative estimate of drug-likeness (QED) is 0.629. The molecule has 1 amide bonds. The molecule has 2 N–H and O–H groups in total. The highest BCUT2D eigenvalue weighted by atomic mass is 19.1. The fourth-order valence-electron chi connectivity index (χ4n) is 3.90. The highest BCUT2D eigenvalue weighted by Crippen LogP contribution is 2.39. The number of hydrogen-bond donors (Lipinski definition) is 2. The number of nitrogens with zero attached hydrogens (tertiary/aromatic N) is 4. The van der Waals surface area contributed by atoms with Crippen LogP contribution in [0.15, 0.2) is 36.7 Å². The molecule has 1 aromatic carbocycles. The van der Waals surface area contributed by atoms with Crippen LogP contribution in [0.1, 0.15) is 48.7 Å². The molecule has 1 aliphatic rings. The standard InChI is InChI=1S/C22H26FN5O3/c1-22(2,30)13-24-21(29)16-12-25-28-10-8-19(26-20(16)28)27-9-4-5-17(27)15-11-14(23)6-7-18(15)31-3/h6-8,10-12,17,30H,4-5,9,13H2,1-3H3,(H,24,29). The minimum absolute atomic E-state index is 0.0870. The van der Waals surface area contributed by atoms with Gasteiger partial charge in [0.1, 0.15) is 22.9 Å². The van der Waals surface area contributed by atoms with Crippen molar-refractivity contribution in [2.75, 3.05) is 25.1 Å². The molecule has 1 atom stereocenters. The Morgan fingerprint density at radius 3 is 2.94 bits per heavy atom.